The second-order valence-electron chi connectivity index (χ2n) is 2.93. The second-order valence-corrected chi connectivity index (χ2v) is 2.93. The van der Waals surface area contributed by atoms with Gasteiger partial charge in [-0.25, -0.2) is 4.79 Å². The van der Waals surface area contributed by atoms with Crippen molar-refractivity contribution in [2.45, 2.75) is 32.6 Å². The first-order valence-corrected chi connectivity index (χ1v) is 4.58. The minimum atomic E-state index is -3.48. The van der Waals surface area contributed by atoms with E-state index in [0.717, 1.165) is 0 Å². The molecule has 0 unspecified atom stereocenters. The standard InChI is InChI=1S/C9H14F2O4/c1-3-14-7(12)5-4-6-15-8(13)9(2,10)11/h3-6H2,1-2H3. The number of esters is 2. The highest BCUT2D eigenvalue weighted by molar-refractivity contribution is 5.76. The van der Waals surface area contributed by atoms with E-state index in [-0.39, 0.29) is 26.1 Å². The van der Waals surface area contributed by atoms with Crippen molar-refractivity contribution in [3.05, 3.63) is 0 Å². The van der Waals surface area contributed by atoms with E-state index in [1.165, 1.54) is 0 Å². The van der Waals surface area contributed by atoms with Crippen molar-refractivity contribution in [2.75, 3.05) is 13.2 Å². The van der Waals surface area contributed by atoms with E-state index in [0.29, 0.717) is 6.92 Å². The van der Waals surface area contributed by atoms with Gasteiger partial charge in [0.05, 0.1) is 13.2 Å². The zero-order valence-corrected chi connectivity index (χ0v) is 8.72. The maximum atomic E-state index is 12.3. The molecule has 0 atom stereocenters. The van der Waals surface area contributed by atoms with Crippen molar-refractivity contribution in [3.63, 3.8) is 0 Å². The van der Waals surface area contributed by atoms with E-state index < -0.39 is 17.9 Å². The van der Waals surface area contributed by atoms with E-state index in [1.54, 1.807) is 6.92 Å². The van der Waals surface area contributed by atoms with Gasteiger partial charge in [0.2, 0.25) is 0 Å². The van der Waals surface area contributed by atoms with Crippen LogP contribution in [0.15, 0.2) is 0 Å². The van der Waals surface area contributed by atoms with Crippen LogP contribution in [-0.2, 0) is 19.1 Å². The fraction of sp³-hybridized carbons (Fsp3) is 0.778. The van der Waals surface area contributed by atoms with Crippen molar-refractivity contribution >= 4 is 11.9 Å². The molecule has 4 nitrogen and oxygen atoms in total. The third-order valence-electron chi connectivity index (χ3n) is 1.42. The number of carbonyl (C=O) groups excluding carboxylic acids is 2. The number of hydrogen-bond acceptors (Lipinski definition) is 4. The Hall–Kier alpha value is -1.20. The van der Waals surface area contributed by atoms with Crippen molar-refractivity contribution in [3.8, 4) is 0 Å². The van der Waals surface area contributed by atoms with Gasteiger partial charge in [-0.3, -0.25) is 4.79 Å². The number of alkyl halides is 2. The lowest BCUT2D eigenvalue weighted by atomic mass is 10.3. The minimum Gasteiger partial charge on any atom is -0.466 e. The smallest absolute Gasteiger partial charge is 0.376 e. The van der Waals surface area contributed by atoms with Crippen LogP contribution < -0.4 is 0 Å². The third-order valence-corrected chi connectivity index (χ3v) is 1.42. The monoisotopic (exact) mass is 224 g/mol. The predicted molar refractivity (Wildman–Crippen MR) is 47.4 cm³/mol. The molecule has 0 heterocycles. The molecule has 0 rings (SSSR count). The zero-order chi connectivity index (χ0) is 11.9. The highest BCUT2D eigenvalue weighted by atomic mass is 19.3. The zero-order valence-electron chi connectivity index (χ0n) is 8.72. The number of halogens is 2. The van der Waals surface area contributed by atoms with E-state index in [9.17, 15) is 18.4 Å². The van der Waals surface area contributed by atoms with Gasteiger partial charge < -0.3 is 9.47 Å². The topological polar surface area (TPSA) is 52.6 Å². The molecule has 0 aromatic heterocycles. The Morgan fingerprint density at radius 2 is 1.87 bits per heavy atom. The van der Waals surface area contributed by atoms with Gasteiger partial charge in [-0.2, -0.15) is 8.78 Å². The summed E-state index contributed by atoms with van der Waals surface area (Å²) in [6.07, 6.45) is 0.233. The Morgan fingerprint density at radius 1 is 1.27 bits per heavy atom. The molecule has 0 saturated heterocycles. The molecule has 0 aliphatic heterocycles. The maximum Gasteiger partial charge on any atom is 0.376 e. The summed E-state index contributed by atoms with van der Waals surface area (Å²) in [6, 6.07) is 0. The van der Waals surface area contributed by atoms with Crippen LogP contribution >= 0.6 is 0 Å². The summed E-state index contributed by atoms with van der Waals surface area (Å²) < 4.78 is 33.3. The van der Waals surface area contributed by atoms with E-state index in [1.807, 2.05) is 0 Å². The first kappa shape index (κ1) is 13.8. The molecule has 0 aliphatic carbocycles. The number of hydrogen-bond donors (Lipinski definition) is 0. The number of rotatable bonds is 6. The van der Waals surface area contributed by atoms with Gasteiger partial charge >= 0.3 is 17.9 Å². The predicted octanol–water partition coefficient (Wildman–Crippen LogP) is 1.53. The van der Waals surface area contributed by atoms with Gasteiger partial charge in [0.15, 0.2) is 0 Å². The summed E-state index contributed by atoms with van der Waals surface area (Å²) in [7, 11) is 0. The Balaban J connectivity index is 3.55. The fourth-order valence-corrected chi connectivity index (χ4v) is 0.741. The molecule has 0 aromatic carbocycles. The third kappa shape index (κ3) is 6.82. The van der Waals surface area contributed by atoms with Crippen molar-refractivity contribution in [1.82, 2.24) is 0 Å². The van der Waals surface area contributed by atoms with Crippen molar-refractivity contribution < 1.29 is 27.8 Å². The summed E-state index contributed by atoms with van der Waals surface area (Å²) in [5.74, 6) is -5.49. The van der Waals surface area contributed by atoms with Crippen LogP contribution in [0.1, 0.15) is 26.7 Å². The van der Waals surface area contributed by atoms with E-state index >= 15 is 0 Å². The SMILES string of the molecule is CCOC(=O)CCCOC(=O)C(C)(F)F. The highest BCUT2D eigenvalue weighted by Gasteiger charge is 2.33. The molecule has 0 bridgehead atoms. The van der Waals surface area contributed by atoms with Crippen LogP contribution in [0.5, 0.6) is 0 Å². The molecule has 88 valence electrons. The van der Waals surface area contributed by atoms with Gasteiger partial charge in [0.1, 0.15) is 0 Å². The van der Waals surface area contributed by atoms with Crippen LogP contribution in [0, 0.1) is 0 Å². The van der Waals surface area contributed by atoms with Gasteiger partial charge in [-0.15, -0.1) is 0 Å². The summed E-state index contributed by atoms with van der Waals surface area (Å²) in [5.41, 5.74) is 0. The lowest BCUT2D eigenvalue weighted by molar-refractivity contribution is -0.169. The number of ether oxygens (including phenoxy) is 2. The molecule has 0 spiro atoms. The molecular weight excluding hydrogens is 210 g/mol. The van der Waals surface area contributed by atoms with E-state index in [4.69, 9.17) is 0 Å². The molecule has 6 heteroatoms. The molecule has 0 saturated carbocycles. The lowest BCUT2D eigenvalue weighted by Crippen LogP contribution is -2.27. The number of carbonyl (C=O) groups is 2. The minimum absolute atomic E-state index is 0.0520. The van der Waals surface area contributed by atoms with Gasteiger partial charge in [-0.05, 0) is 13.3 Å². The summed E-state index contributed by atoms with van der Waals surface area (Å²) >= 11 is 0. The molecule has 15 heavy (non-hydrogen) atoms. The fourth-order valence-electron chi connectivity index (χ4n) is 0.741. The Bertz CT molecular complexity index is 223. The van der Waals surface area contributed by atoms with Crippen molar-refractivity contribution in [1.29, 1.82) is 0 Å². The van der Waals surface area contributed by atoms with Crippen LogP contribution in [0.3, 0.4) is 0 Å². The molecule has 0 N–H and O–H groups in total. The molecular formula is C9H14F2O4. The Labute approximate surface area is 86.5 Å². The molecule has 0 aromatic rings. The average molecular weight is 224 g/mol. The first-order chi connectivity index (χ1) is 6.88. The average Bonchev–Trinajstić information content (AvgIpc) is 2.11. The summed E-state index contributed by atoms with van der Waals surface area (Å²) in [6.45, 7) is 2.18. The normalized spacial score (nSPS) is 10.9. The molecule has 0 amide bonds. The van der Waals surface area contributed by atoms with Gasteiger partial charge in [0.25, 0.3) is 0 Å². The Kier molecular flexibility index (Phi) is 5.81. The molecule has 0 fully saturated rings. The first-order valence-electron chi connectivity index (χ1n) is 4.58. The van der Waals surface area contributed by atoms with Crippen LogP contribution in [0.2, 0.25) is 0 Å². The molecule has 0 aliphatic rings. The summed E-state index contributed by atoms with van der Waals surface area (Å²) in [4.78, 5) is 21.3. The maximum absolute atomic E-state index is 12.3. The van der Waals surface area contributed by atoms with Crippen molar-refractivity contribution in [2.24, 2.45) is 0 Å². The highest BCUT2D eigenvalue weighted by Crippen LogP contribution is 2.13. The molecule has 0 radical (unpaired) electrons. The lowest BCUT2D eigenvalue weighted by Gasteiger charge is -2.09. The van der Waals surface area contributed by atoms with Crippen LogP contribution in [0.4, 0.5) is 8.78 Å². The Morgan fingerprint density at radius 3 is 2.33 bits per heavy atom. The second kappa shape index (κ2) is 6.31. The van der Waals surface area contributed by atoms with Crippen LogP contribution in [-0.4, -0.2) is 31.1 Å². The van der Waals surface area contributed by atoms with E-state index in [2.05, 4.69) is 9.47 Å². The van der Waals surface area contributed by atoms with Gasteiger partial charge in [-0.1, -0.05) is 0 Å². The largest absolute Gasteiger partial charge is 0.466 e. The van der Waals surface area contributed by atoms with Crippen LogP contribution in [0.25, 0.3) is 0 Å². The quantitative estimate of drug-likeness (QED) is 0.507. The summed E-state index contributed by atoms with van der Waals surface area (Å²) in [5, 5.41) is 0. The van der Waals surface area contributed by atoms with Gasteiger partial charge in [0, 0.05) is 13.3 Å².